The maximum atomic E-state index is 12.7. The van der Waals surface area contributed by atoms with Crippen molar-refractivity contribution in [2.24, 2.45) is 5.92 Å². The first kappa shape index (κ1) is 14.4. The largest absolute Gasteiger partial charge is 0.289 e. The molecule has 3 heteroatoms. The molecule has 110 valence electrons. The highest BCUT2D eigenvalue weighted by Crippen LogP contribution is 2.31. The minimum atomic E-state index is 0.120. The lowest BCUT2D eigenvalue weighted by atomic mass is 9.81. The Morgan fingerprint density at radius 2 is 1.41 bits per heavy atom. The number of rotatable bonds is 2. The van der Waals surface area contributed by atoms with Gasteiger partial charge in [0.25, 0.3) is 0 Å². The number of pyridine rings is 2. The van der Waals surface area contributed by atoms with E-state index in [-0.39, 0.29) is 5.78 Å². The molecule has 1 aliphatic carbocycles. The summed E-state index contributed by atoms with van der Waals surface area (Å²) in [7, 11) is 0. The summed E-state index contributed by atoms with van der Waals surface area (Å²) in [6.45, 7) is 2.17. The molecule has 0 aliphatic heterocycles. The summed E-state index contributed by atoms with van der Waals surface area (Å²) < 4.78 is 0. The maximum absolute atomic E-state index is 12.7. The van der Waals surface area contributed by atoms with Crippen LogP contribution in [0.25, 0.3) is 12.2 Å². The molecule has 0 radical (unpaired) electrons. The molecule has 2 aromatic heterocycles. The molecular formula is C19H18N2O. The molecule has 22 heavy (non-hydrogen) atoms. The summed E-state index contributed by atoms with van der Waals surface area (Å²) in [4.78, 5) is 21.2. The van der Waals surface area contributed by atoms with Gasteiger partial charge in [-0.2, -0.15) is 0 Å². The Kier molecular flexibility index (Phi) is 4.24. The molecule has 3 nitrogen and oxygen atoms in total. The first-order valence-corrected chi connectivity index (χ1v) is 7.50. The van der Waals surface area contributed by atoms with Crippen molar-refractivity contribution in [3.63, 3.8) is 0 Å². The van der Waals surface area contributed by atoms with Crippen LogP contribution < -0.4 is 0 Å². The number of nitrogens with zero attached hydrogens (tertiary/aromatic N) is 2. The minimum Gasteiger partial charge on any atom is -0.289 e. The predicted molar refractivity (Wildman–Crippen MR) is 87.8 cm³/mol. The van der Waals surface area contributed by atoms with Crippen molar-refractivity contribution in [3.8, 4) is 0 Å². The van der Waals surface area contributed by atoms with Crippen molar-refractivity contribution < 1.29 is 4.79 Å². The fourth-order valence-corrected chi connectivity index (χ4v) is 2.74. The molecule has 0 saturated heterocycles. The quantitative estimate of drug-likeness (QED) is 0.787. The van der Waals surface area contributed by atoms with Crippen LogP contribution in [0.2, 0.25) is 0 Å². The molecule has 2 aromatic rings. The summed E-state index contributed by atoms with van der Waals surface area (Å²) >= 11 is 0. The average molecular weight is 290 g/mol. The number of allylic oxidation sites excluding steroid dienone is 2. The zero-order valence-electron chi connectivity index (χ0n) is 12.6. The third kappa shape index (κ3) is 3.37. The van der Waals surface area contributed by atoms with Crippen LogP contribution >= 0.6 is 0 Å². The minimum absolute atomic E-state index is 0.120. The Balaban J connectivity index is 1.92. The highest BCUT2D eigenvalue weighted by molar-refractivity contribution is 6.13. The van der Waals surface area contributed by atoms with Crippen LogP contribution in [0.1, 0.15) is 31.2 Å². The van der Waals surface area contributed by atoms with E-state index < -0.39 is 0 Å². The molecule has 0 N–H and O–H groups in total. The average Bonchev–Trinajstić information content (AvgIpc) is 2.54. The number of hydrogen-bond acceptors (Lipinski definition) is 3. The molecule has 0 bridgehead atoms. The van der Waals surface area contributed by atoms with Crippen molar-refractivity contribution in [1.82, 2.24) is 9.97 Å². The van der Waals surface area contributed by atoms with E-state index in [0.29, 0.717) is 5.92 Å². The molecule has 0 amide bonds. The molecule has 1 aliphatic rings. The highest BCUT2D eigenvalue weighted by Gasteiger charge is 2.25. The topological polar surface area (TPSA) is 42.9 Å². The molecule has 1 unspecified atom stereocenters. The van der Waals surface area contributed by atoms with Crippen LogP contribution in [-0.4, -0.2) is 15.8 Å². The lowest BCUT2D eigenvalue weighted by Crippen LogP contribution is -2.18. The Labute approximate surface area is 130 Å². The van der Waals surface area contributed by atoms with Crippen LogP contribution in [0.3, 0.4) is 0 Å². The molecule has 1 atom stereocenters. The lowest BCUT2D eigenvalue weighted by Gasteiger charge is -2.22. The van der Waals surface area contributed by atoms with Gasteiger partial charge < -0.3 is 0 Å². The molecule has 1 saturated carbocycles. The van der Waals surface area contributed by atoms with Gasteiger partial charge >= 0.3 is 0 Å². The van der Waals surface area contributed by atoms with Crippen molar-refractivity contribution in [2.45, 2.75) is 19.8 Å². The number of aromatic nitrogens is 2. The Hall–Kier alpha value is -2.55. The van der Waals surface area contributed by atoms with E-state index >= 15 is 0 Å². The van der Waals surface area contributed by atoms with Crippen molar-refractivity contribution in [3.05, 3.63) is 71.3 Å². The summed E-state index contributed by atoms with van der Waals surface area (Å²) in [5.41, 5.74) is 3.33. The van der Waals surface area contributed by atoms with E-state index in [1.807, 2.05) is 48.6 Å². The van der Waals surface area contributed by atoms with Gasteiger partial charge in [0.15, 0.2) is 5.78 Å². The van der Waals surface area contributed by atoms with Crippen LogP contribution in [0.4, 0.5) is 0 Å². The molecule has 2 heterocycles. The van der Waals surface area contributed by atoms with Crippen LogP contribution in [0, 0.1) is 5.92 Å². The monoisotopic (exact) mass is 290 g/mol. The summed E-state index contributed by atoms with van der Waals surface area (Å²) in [5.74, 6) is 0.567. The Morgan fingerprint density at radius 3 is 1.82 bits per heavy atom. The zero-order chi connectivity index (χ0) is 15.4. The van der Waals surface area contributed by atoms with Gasteiger partial charge in [-0.1, -0.05) is 19.1 Å². The fourth-order valence-electron chi connectivity index (χ4n) is 2.74. The number of carbonyl (C=O) groups excluding carboxylic acids is 1. The van der Waals surface area contributed by atoms with Gasteiger partial charge in [-0.25, -0.2) is 0 Å². The zero-order valence-corrected chi connectivity index (χ0v) is 12.6. The number of Topliss-reactive ketones (excluding diaryl/α,β-unsaturated/α-hetero) is 1. The second-order valence-corrected chi connectivity index (χ2v) is 5.69. The van der Waals surface area contributed by atoms with Gasteiger partial charge in [0.05, 0.1) is 11.4 Å². The summed E-state index contributed by atoms with van der Waals surface area (Å²) in [5, 5.41) is 0. The van der Waals surface area contributed by atoms with Gasteiger partial charge in [0.2, 0.25) is 0 Å². The van der Waals surface area contributed by atoms with E-state index in [4.69, 9.17) is 0 Å². The molecular weight excluding hydrogens is 272 g/mol. The summed E-state index contributed by atoms with van der Waals surface area (Å²) in [6.07, 6.45) is 8.90. The van der Waals surface area contributed by atoms with Crippen LogP contribution in [0.15, 0.2) is 59.9 Å². The van der Waals surface area contributed by atoms with Crippen LogP contribution in [-0.2, 0) is 4.79 Å². The number of hydrogen-bond donors (Lipinski definition) is 0. The molecule has 0 aromatic carbocycles. The highest BCUT2D eigenvalue weighted by atomic mass is 16.1. The molecule has 0 spiro atoms. The number of ketones is 1. The third-order valence-corrected chi connectivity index (χ3v) is 3.74. The van der Waals surface area contributed by atoms with Crippen molar-refractivity contribution in [1.29, 1.82) is 0 Å². The van der Waals surface area contributed by atoms with E-state index in [2.05, 4.69) is 16.9 Å². The van der Waals surface area contributed by atoms with Crippen molar-refractivity contribution in [2.75, 3.05) is 0 Å². The van der Waals surface area contributed by atoms with Crippen LogP contribution in [0.5, 0.6) is 0 Å². The Bertz CT molecular complexity index is 656. The normalized spacial score (nSPS) is 22.2. The first-order chi connectivity index (χ1) is 10.7. The standard InChI is InChI=1S/C19H18N2O/c1-14-10-15(12-17-6-2-4-8-20-17)19(22)16(11-14)13-18-7-3-5-9-21-18/h2-9,12-14H,10-11H2,1H3/b15-12-,16-13+. The van der Waals surface area contributed by atoms with E-state index in [9.17, 15) is 4.79 Å². The summed E-state index contributed by atoms with van der Waals surface area (Å²) in [6, 6.07) is 11.4. The maximum Gasteiger partial charge on any atom is 0.185 e. The Morgan fingerprint density at radius 1 is 0.909 bits per heavy atom. The van der Waals surface area contributed by atoms with Gasteiger partial charge in [0.1, 0.15) is 0 Å². The predicted octanol–water partition coefficient (Wildman–Crippen LogP) is 3.94. The lowest BCUT2D eigenvalue weighted by molar-refractivity contribution is -0.113. The van der Waals surface area contributed by atoms with E-state index in [0.717, 1.165) is 35.4 Å². The van der Waals surface area contributed by atoms with E-state index in [1.54, 1.807) is 12.4 Å². The molecule has 3 rings (SSSR count). The first-order valence-electron chi connectivity index (χ1n) is 7.50. The number of carbonyl (C=O) groups is 1. The second kappa shape index (κ2) is 6.48. The smallest absolute Gasteiger partial charge is 0.185 e. The van der Waals surface area contributed by atoms with Gasteiger partial charge in [-0.05, 0) is 55.2 Å². The van der Waals surface area contributed by atoms with E-state index in [1.165, 1.54) is 0 Å². The molecule has 1 fully saturated rings. The van der Waals surface area contributed by atoms with Gasteiger partial charge in [-0.3, -0.25) is 14.8 Å². The fraction of sp³-hybridized carbons (Fsp3) is 0.211. The van der Waals surface area contributed by atoms with Crippen molar-refractivity contribution >= 4 is 17.9 Å². The SMILES string of the molecule is CC1C/C(=C/c2ccccn2)C(=O)/C(=C/c2ccccn2)C1. The van der Waals surface area contributed by atoms with Gasteiger partial charge in [0, 0.05) is 23.5 Å². The second-order valence-electron chi connectivity index (χ2n) is 5.69. The van der Waals surface area contributed by atoms with Gasteiger partial charge in [-0.15, -0.1) is 0 Å². The third-order valence-electron chi connectivity index (χ3n) is 3.74.